The zero-order valence-corrected chi connectivity index (χ0v) is 14.3. The number of hydrogen-bond donors (Lipinski definition) is 0. The van der Waals surface area contributed by atoms with Crippen molar-refractivity contribution < 1.29 is 0 Å². The minimum absolute atomic E-state index is 0.735. The Balaban J connectivity index is 1.62. The molecule has 0 radical (unpaired) electrons. The summed E-state index contributed by atoms with van der Waals surface area (Å²) in [5.74, 6) is 0. The van der Waals surface area contributed by atoms with Crippen LogP contribution in [0.15, 0.2) is 48.5 Å². The lowest BCUT2D eigenvalue weighted by Crippen LogP contribution is -2.48. The third-order valence-electron chi connectivity index (χ3n) is 3.85. The maximum atomic E-state index is 5.94. The molecule has 0 aliphatic carbocycles. The molecule has 1 saturated heterocycles. The van der Waals surface area contributed by atoms with Crippen LogP contribution in [0, 0.1) is 0 Å². The van der Waals surface area contributed by atoms with Gasteiger partial charge in [0.1, 0.15) is 4.99 Å². The number of halogens is 2. The average Bonchev–Trinajstić information content (AvgIpc) is 2.56. The Morgan fingerprint density at radius 1 is 0.773 bits per heavy atom. The van der Waals surface area contributed by atoms with Gasteiger partial charge in [0.2, 0.25) is 0 Å². The van der Waals surface area contributed by atoms with Gasteiger partial charge in [-0.2, -0.15) is 0 Å². The van der Waals surface area contributed by atoms with E-state index >= 15 is 0 Å². The van der Waals surface area contributed by atoms with Gasteiger partial charge in [-0.15, -0.1) is 0 Å². The highest BCUT2D eigenvalue weighted by atomic mass is 35.5. The van der Waals surface area contributed by atoms with Gasteiger partial charge in [-0.05, 0) is 36.4 Å². The highest BCUT2D eigenvalue weighted by Gasteiger charge is 2.19. The van der Waals surface area contributed by atoms with Crippen LogP contribution in [-0.2, 0) is 0 Å². The van der Waals surface area contributed by atoms with E-state index in [4.69, 9.17) is 35.4 Å². The van der Waals surface area contributed by atoms with E-state index in [1.54, 1.807) is 0 Å². The molecular weight excluding hydrogens is 335 g/mol. The summed E-state index contributed by atoms with van der Waals surface area (Å²) in [5.41, 5.74) is 2.26. The van der Waals surface area contributed by atoms with Crippen molar-refractivity contribution in [2.24, 2.45) is 0 Å². The van der Waals surface area contributed by atoms with E-state index in [0.29, 0.717) is 0 Å². The summed E-state index contributed by atoms with van der Waals surface area (Å²) in [6.45, 7) is 3.75. The minimum Gasteiger partial charge on any atom is -0.368 e. The van der Waals surface area contributed by atoms with Gasteiger partial charge >= 0.3 is 0 Å². The molecule has 1 aliphatic rings. The van der Waals surface area contributed by atoms with E-state index in [2.05, 4.69) is 21.9 Å². The molecule has 2 nitrogen and oxygen atoms in total. The number of anilines is 1. The second-order valence-electron chi connectivity index (χ2n) is 5.26. The SMILES string of the molecule is S=C(c1ccc(Cl)cc1)N1CCN(c2ccc(Cl)cc2)CC1. The lowest BCUT2D eigenvalue weighted by Gasteiger charge is -2.37. The second-order valence-corrected chi connectivity index (χ2v) is 6.52. The summed E-state index contributed by atoms with van der Waals surface area (Å²) in [5, 5.41) is 1.51. The summed E-state index contributed by atoms with van der Waals surface area (Å²) in [4.78, 5) is 5.51. The predicted octanol–water partition coefficient (Wildman–Crippen LogP) is 4.49. The van der Waals surface area contributed by atoms with Crippen molar-refractivity contribution in [1.82, 2.24) is 4.90 Å². The Bertz CT molecular complexity index is 647. The smallest absolute Gasteiger partial charge is 0.109 e. The molecular formula is C17H16Cl2N2S. The number of nitrogens with zero attached hydrogens (tertiary/aromatic N) is 2. The van der Waals surface area contributed by atoms with Crippen LogP contribution >= 0.6 is 35.4 Å². The molecule has 22 heavy (non-hydrogen) atoms. The van der Waals surface area contributed by atoms with Gasteiger partial charge in [0.15, 0.2) is 0 Å². The fourth-order valence-corrected chi connectivity index (χ4v) is 3.17. The van der Waals surface area contributed by atoms with Crippen molar-refractivity contribution in [2.45, 2.75) is 0 Å². The maximum Gasteiger partial charge on any atom is 0.109 e. The number of piperazine rings is 1. The summed E-state index contributed by atoms with van der Waals surface area (Å²) in [7, 11) is 0. The van der Waals surface area contributed by atoms with E-state index in [9.17, 15) is 0 Å². The third kappa shape index (κ3) is 3.54. The van der Waals surface area contributed by atoms with E-state index in [1.165, 1.54) is 5.69 Å². The Hall–Kier alpha value is -1.29. The Kier molecular flexibility index (Phi) is 4.87. The minimum atomic E-state index is 0.735. The fourth-order valence-electron chi connectivity index (χ4n) is 2.59. The van der Waals surface area contributed by atoms with Crippen molar-refractivity contribution in [1.29, 1.82) is 0 Å². The molecule has 0 aromatic heterocycles. The summed E-state index contributed by atoms with van der Waals surface area (Å²) in [6, 6.07) is 15.7. The van der Waals surface area contributed by atoms with Crippen molar-refractivity contribution >= 4 is 46.1 Å². The van der Waals surface area contributed by atoms with E-state index in [0.717, 1.165) is 46.8 Å². The van der Waals surface area contributed by atoms with Gasteiger partial charge < -0.3 is 9.80 Å². The van der Waals surface area contributed by atoms with Gasteiger partial charge in [0.25, 0.3) is 0 Å². The van der Waals surface area contributed by atoms with Crippen molar-refractivity contribution in [2.75, 3.05) is 31.1 Å². The van der Waals surface area contributed by atoms with Crippen molar-refractivity contribution in [3.05, 3.63) is 64.1 Å². The molecule has 0 spiro atoms. The van der Waals surface area contributed by atoms with E-state index < -0.39 is 0 Å². The largest absolute Gasteiger partial charge is 0.368 e. The number of hydrogen-bond acceptors (Lipinski definition) is 2. The molecule has 0 unspecified atom stereocenters. The normalized spacial score (nSPS) is 15.0. The van der Waals surface area contributed by atoms with Gasteiger partial charge in [-0.25, -0.2) is 0 Å². The molecule has 3 rings (SSSR count). The van der Waals surface area contributed by atoms with Crippen LogP contribution < -0.4 is 4.90 Å². The van der Waals surface area contributed by atoms with Crippen LogP contribution in [-0.4, -0.2) is 36.1 Å². The van der Waals surface area contributed by atoms with Crippen LogP contribution in [0.3, 0.4) is 0 Å². The topological polar surface area (TPSA) is 6.48 Å². The monoisotopic (exact) mass is 350 g/mol. The third-order valence-corrected chi connectivity index (χ3v) is 4.85. The van der Waals surface area contributed by atoms with Crippen molar-refractivity contribution in [3.63, 3.8) is 0 Å². The van der Waals surface area contributed by atoms with Gasteiger partial charge in [-0.3, -0.25) is 0 Å². The first-order chi connectivity index (χ1) is 10.6. The molecule has 1 fully saturated rings. The van der Waals surface area contributed by atoms with Gasteiger partial charge in [0.05, 0.1) is 0 Å². The molecule has 5 heteroatoms. The standard InChI is InChI=1S/C17H16Cl2N2S/c18-14-3-1-13(2-4-14)17(22)21-11-9-20(10-12-21)16-7-5-15(19)6-8-16/h1-8H,9-12H2. The fraction of sp³-hybridized carbons (Fsp3) is 0.235. The second kappa shape index (κ2) is 6.86. The highest BCUT2D eigenvalue weighted by Crippen LogP contribution is 2.20. The molecule has 1 heterocycles. The zero-order chi connectivity index (χ0) is 15.5. The van der Waals surface area contributed by atoms with Gasteiger partial charge in [0, 0.05) is 47.5 Å². The molecule has 0 bridgehead atoms. The van der Waals surface area contributed by atoms with E-state index in [-0.39, 0.29) is 0 Å². The van der Waals surface area contributed by atoms with Crippen LogP contribution in [0.4, 0.5) is 5.69 Å². The van der Waals surface area contributed by atoms with Crippen LogP contribution in [0.2, 0.25) is 10.0 Å². The Labute approximate surface area is 146 Å². The molecule has 0 N–H and O–H groups in total. The Morgan fingerprint density at radius 2 is 1.27 bits per heavy atom. The average molecular weight is 351 g/mol. The molecule has 0 atom stereocenters. The molecule has 2 aromatic carbocycles. The lowest BCUT2D eigenvalue weighted by atomic mass is 10.2. The molecule has 1 aliphatic heterocycles. The summed E-state index contributed by atoms with van der Waals surface area (Å²) >= 11 is 17.5. The molecule has 114 valence electrons. The first kappa shape index (κ1) is 15.6. The zero-order valence-electron chi connectivity index (χ0n) is 12.0. The van der Waals surface area contributed by atoms with Crippen LogP contribution in [0.1, 0.15) is 5.56 Å². The molecule has 0 amide bonds. The quantitative estimate of drug-likeness (QED) is 0.736. The maximum absolute atomic E-state index is 5.94. The predicted molar refractivity (Wildman–Crippen MR) is 98.4 cm³/mol. The number of rotatable bonds is 2. The highest BCUT2D eigenvalue weighted by molar-refractivity contribution is 7.80. The first-order valence-electron chi connectivity index (χ1n) is 7.19. The molecule has 0 saturated carbocycles. The van der Waals surface area contributed by atoms with Crippen molar-refractivity contribution in [3.8, 4) is 0 Å². The molecule has 2 aromatic rings. The number of benzene rings is 2. The first-order valence-corrected chi connectivity index (χ1v) is 8.35. The van der Waals surface area contributed by atoms with Crippen LogP contribution in [0.25, 0.3) is 0 Å². The Morgan fingerprint density at radius 3 is 1.82 bits per heavy atom. The summed E-state index contributed by atoms with van der Waals surface area (Å²) in [6.07, 6.45) is 0. The lowest BCUT2D eigenvalue weighted by molar-refractivity contribution is 0.392. The van der Waals surface area contributed by atoms with Gasteiger partial charge in [-0.1, -0.05) is 47.6 Å². The van der Waals surface area contributed by atoms with E-state index in [1.807, 2.05) is 36.4 Å². The number of thiocarbonyl (C=S) groups is 1. The van der Waals surface area contributed by atoms with Crippen LogP contribution in [0.5, 0.6) is 0 Å². The summed E-state index contributed by atoms with van der Waals surface area (Å²) < 4.78 is 0.